The summed E-state index contributed by atoms with van der Waals surface area (Å²) in [6.07, 6.45) is 69.6. The van der Waals surface area contributed by atoms with Crippen molar-refractivity contribution in [3.05, 3.63) is 48.6 Å². The fourth-order valence-electron chi connectivity index (χ4n) is 8.60. The Labute approximate surface area is 422 Å². The lowest BCUT2D eigenvalue weighted by molar-refractivity contribution is -0.167. The Balaban J connectivity index is 4.35. The van der Waals surface area contributed by atoms with E-state index in [0.29, 0.717) is 19.3 Å². The van der Waals surface area contributed by atoms with Crippen molar-refractivity contribution >= 4 is 17.9 Å². The minimum atomic E-state index is -0.784. The minimum absolute atomic E-state index is 0.0800. The van der Waals surface area contributed by atoms with Gasteiger partial charge >= 0.3 is 17.9 Å². The van der Waals surface area contributed by atoms with E-state index in [2.05, 4.69) is 69.4 Å². The molecule has 6 nitrogen and oxygen atoms in total. The zero-order chi connectivity index (χ0) is 49.3. The number of allylic oxidation sites excluding steroid dienone is 8. The Morgan fingerprint density at radius 1 is 0.294 bits per heavy atom. The fourth-order valence-corrected chi connectivity index (χ4v) is 8.60. The maximum Gasteiger partial charge on any atom is 0.306 e. The van der Waals surface area contributed by atoms with Gasteiger partial charge in [-0.2, -0.15) is 0 Å². The third-order valence-electron chi connectivity index (χ3n) is 13.1. The molecule has 1 atom stereocenters. The van der Waals surface area contributed by atoms with Crippen LogP contribution in [0.4, 0.5) is 0 Å². The first-order valence-corrected chi connectivity index (χ1v) is 29.7. The van der Waals surface area contributed by atoms with E-state index in [0.717, 1.165) is 96.3 Å². The normalized spacial score (nSPS) is 12.3. The quantitative estimate of drug-likeness (QED) is 0.0199. The van der Waals surface area contributed by atoms with E-state index in [4.69, 9.17) is 14.2 Å². The molecule has 68 heavy (non-hydrogen) atoms. The van der Waals surface area contributed by atoms with Crippen molar-refractivity contribution in [3.8, 4) is 0 Å². The van der Waals surface area contributed by atoms with Gasteiger partial charge in [-0.1, -0.05) is 275 Å². The van der Waals surface area contributed by atoms with Crippen LogP contribution in [0.1, 0.15) is 310 Å². The highest BCUT2D eigenvalue weighted by Crippen LogP contribution is 2.17. The van der Waals surface area contributed by atoms with Gasteiger partial charge in [0.25, 0.3) is 0 Å². The number of hydrogen-bond donors (Lipinski definition) is 0. The van der Waals surface area contributed by atoms with Crippen LogP contribution in [0.25, 0.3) is 0 Å². The zero-order valence-electron chi connectivity index (χ0n) is 45.4. The molecule has 0 saturated carbocycles. The topological polar surface area (TPSA) is 78.9 Å². The van der Waals surface area contributed by atoms with Gasteiger partial charge < -0.3 is 14.2 Å². The van der Waals surface area contributed by atoms with E-state index in [-0.39, 0.29) is 31.1 Å². The van der Waals surface area contributed by atoms with E-state index < -0.39 is 6.10 Å². The lowest BCUT2D eigenvalue weighted by Gasteiger charge is -2.18. The summed E-state index contributed by atoms with van der Waals surface area (Å²) in [6.45, 7) is 6.60. The van der Waals surface area contributed by atoms with E-state index in [1.165, 1.54) is 173 Å². The number of rotatable bonds is 54. The standard InChI is InChI=1S/C62H112O6/c1-4-7-10-13-16-19-22-25-28-29-30-31-32-35-37-40-43-46-49-52-55-61(64)67-58-59(68-62(65)56-53-50-47-44-41-38-34-27-24-21-18-15-12-9-6-3)57-66-60(63)54-51-48-45-42-39-36-33-26-23-20-17-14-11-8-5-2/h14,17,20,23,26-27,33-34,59H,4-13,15-16,18-19,21-22,24-25,28-32,35-58H2,1-3H3/b17-14-,23-20+,33-26-,34-27-. The van der Waals surface area contributed by atoms with Gasteiger partial charge in [0.15, 0.2) is 6.10 Å². The molecule has 0 rings (SSSR count). The summed E-state index contributed by atoms with van der Waals surface area (Å²) in [4.78, 5) is 38.2. The van der Waals surface area contributed by atoms with Crippen LogP contribution in [0.15, 0.2) is 48.6 Å². The van der Waals surface area contributed by atoms with Gasteiger partial charge in [0.05, 0.1) is 0 Å². The van der Waals surface area contributed by atoms with Gasteiger partial charge in [-0.3, -0.25) is 14.4 Å². The van der Waals surface area contributed by atoms with Gasteiger partial charge in [0.2, 0.25) is 0 Å². The molecule has 0 amide bonds. The van der Waals surface area contributed by atoms with Crippen LogP contribution in [0.2, 0.25) is 0 Å². The Hall–Kier alpha value is -2.63. The molecule has 0 aromatic carbocycles. The van der Waals surface area contributed by atoms with Gasteiger partial charge in [0.1, 0.15) is 13.2 Å². The molecule has 0 N–H and O–H groups in total. The van der Waals surface area contributed by atoms with Crippen molar-refractivity contribution < 1.29 is 28.6 Å². The fraction of sp³-hybridized carbons (Fsp3) is 0.823. The molecule has 0 saturated heterocycles. The Morgan fingerprint density at radius 2 is 0.559 bits per heavy atom. The largest absolute Gasteiger partial charge is 0.462 e. The van der Waals surface area contributed by atoms with Crippen molar-refractivity contribution in [2.45, 2.75) is 316 Å². The Bertz CT molecular complexity index is 1190. The van der Waals surface area contributed by atoms with Crippen molar-refractivity contribution in [2.24, 2.45) is 0 Å². The van der Waals surface area contributed by atoms with Crippen molar-refractivity contribution in [1.29, 1.82) is 0 Å². The molecule has 0 aliphatic rings. The third kappa shape index (κ3) is 54.3. The molecule has 0 spiro atoms. The molecule has 6 heteroatoms. The van der Waals surface area contributed by atoms with E-state index in [1.807, 2.05) is 0 Å². The van der Waals surface area contributed by atoms with Crippen LogP contribution in [-0.2, 0) is 28.6 Å². The first-order chi connectivity index (χ1) is 33.5. The predicted octanol–water partition coefficient (Wildman–Crippen LogP) is 19.8. The number of ether oxygens (including phenoxy) is 3. The Morgan fingerprint density at radius 3 is 0.897 bits per heavy atom. The van der Waals surface area contributed by atoms with Crippen LogP contribution in [0.3, 0.4) is 0 Å². The summed E-state index contributed by atoms with van der Waals surface area (Å²) >= 11 is 0. The summed E-state index contributed by atoms with van der Waals surface area (Å²) in [5.74, 6) is -0.893. The summed E-state index contributed by atoms with van der Waals surface area (Å²) in [6, 6.07) is 0. The van der Waals surface area contributed by atoms with Gasteiger partial charge in [-0.05, 0) is 64.2 Å². The molecule has 1 unspecified atom stereocenters. The molecule has 0 aromatic heterocycles. The van der Waals surface area contributed by atoms with Crippen molar-refractivity contribution in [1.82, 2.24) is 0 Å². The average Bonchev–Trinajstić information content (AvgIpc) is 3.34. The molecule has 0 bridgehead atoms. The zero-order valence-corrected chi connectivity index (χ0v) is 45.4. The predicted molar refractivity (Wildman–Crippen MR) is 293 cm³/mol. The van der Waals surface area contributed by atoms with Crippen LogP contribution in [0, 0.1) is 0 Å². The monoisotopic (exact) mass is 953 g/mol. The maximum atomic E-state index is 12.9. The minimum Gasteiger partial charge on any atom is -0.462 e. The molecular weight excluding hydrogens is 841 g/mol. The average molecular weight is 954 g/mol. The lowest BCUT2D eigenvalue weighted by Crippen LogP contribution is -2.30. The number of carbonyl (C=O) groups is 3. The lowest BCUT2D eigenvalue weighted by atomic mass is 10.0. The highest BCUT2D eigenvalue weighted by molar-refractivity contribution is 5.71. The maximum absolute atomic E-state index is 12.9. The second kappa shape index (κ2) is 57.0. The number of carbonyl (C=O) groups excluding carboxylic acids is 3. The van der Waals surface area contributed by atoms with Crippen LogP contribution in [-0.4, -0.2) is 37.2 Å². The Kier molecular flexibility index (Phi) is 54.8. The molecular formula is C62H112O6. The smallest absolute Gasteiger partial charge is 0.306 e. The summed E-state index contributed by atoms with van der Waals surface area (Å²) in [5.41, 5.74) is 0. The third-order valence-corrected chi connectivity index (χ3v) is 13.1. The summed E-state index contributed by atoms with van der Waals surface area (Å²) in [7, 11) is 0. The van der Waals surface area contributed by atoms with E-state index in [1.54, 1.807) is 0 Å². The van der Waals surface area contributed by atoms with Gasteiger partial charge in [0, 0.05) is 19.3 Å². The van der Waals surface area contributed by atoms with Gasteiger partial charge in [-0.25, -0.2) is 0 Å². The molecule has 0 heterocycles. The summed E-state index contributed by atoms with van der Waals surface area (Å²) < 4.78 is 16.9. The molecule has 0 aliphatic carbocycles. The highest BCUT2D eigenvalue weighted by atomic mass is 16.6. The second-order valence-corrected chi connectivity index (χ2v) is 20.0. The molecule has 0 radical (unpaired) electrons. The van der Waals surface area contributed by atoms with Gasteiger partial charge in [-0.15, -0.1) is 0 Å². The highest BCUT2D eigenvalue weighted by Gasteiger charge is 2.19. The van der Waals surface area contributed by atoms with Crippen LogP contribution >= 0.6 is 0 Å². The van der Waals surface area contributed by atoms with Crippen LogP contribution < -0.4 is 0 Å². The first kappa shape index (κ1) is 65.4. The van der Waals surface area contributed by atoms with Crippen molar-refractivity contribution in [2.75, 3.05) is 13.2 Å². The van der Waals surface area contributed by atoms with Crippen LogP contribution in [0.5, 0.6) is 0 Å². The number of hydrogen-bond acceptors (Lipinski definition) is 6. The summed E-state index contributed by atoms with van der Waals surface area (Å²) in [5, 5.41) is 0. The molecule has 0 aliphatic heterocycles. The molecule has 0 aromatic rings. The second-order valence-electron chi connectivity index (χ2n) is 20.0. The van der Waals surface area contributed by atoms with Crippen molar-refractivity contribution in [3.63, 3.8) is 0 Å². The van der Waals surface area contributed by atoms with E-state index >= 15 is 0 Å². The number of unbranched alkanes of at least 4 members (excludes halogenated alkanes) is 37. The molecule has 396 valence electrons. The molecule has 0 fully saturated rings. The number of esters is 3. The SMILES string of the molecule is CCCC\C=C/C=C/C=C\CCCCCCCC(=O)OCC(COC(=O)CCCCCCCCCCCCCCCCCCCCCC)OC(=O)CCCCCCC/C=C\CCCCCCCC. The first-order valence-electron chi connectivity index (χ1n) is 29.7. The van der Waals surface area contributed by atoms with E-state index in [9.17, 15) is 14.4 Å².